The summed E-state index contributed by atoms with van der Waals surface area (Å²) in [7, 11) is 5.52. The second kappa shape index (κ2) is 43.4. The average molecular weight is 855 g/mol. The number of ether oxygens (including phenoxy) is 3. The number of rotatable bonds is 43. The number of esters is 2. The third-order valence-corrected chi connectivity index (χ3v) is 10.6. The largest absolute Gasteiger partial charge is 0.477 e. The maximum atomic E-state index is 12.8. The van der Waals surface area contributed by atoms with Crippen LogP contribution in [-0.2, 0) is 28.6 Å². The third kappa shape index (κ3) is 41.9. The van der Waals surface area contributed by atoms with Crippen LogP contribution < -0.4 is 0 Å². The number of hydrogen-bond donors (Lipinski definition) is 1. The Morgan fingerprint density at radius 1 is 0.508 bits per heavy atom. The van der Waals surface area contributed by atoms with E-state index in [2.05, 4.69) is 86.8 Å². The van der Waals surface area contributed by atoms with Crippen LogP contribution in [0.5, 0.6) is 0 Å². The molecule has 0 aromatic carbocycles. The number of aliphatic carboxylic acids is 1. The number of carboxylic acid groups (broad SMARTS) is 1. The molecular formula is C53H92NO7+. The Kier molecular flexibility index (Phi) is 41.1. The first-order valence-electron chi connectivity index (χ1n) is 24.5. The lowest BCUT2D eigenvalue weighted by Gasteiger charge is -2.31. The third-order valence-electron chi connectivity index (χ3n) is 10.6. The predicted octanol–water partition coefficient (Wildman–Crippen LogP) is 13.9. The number of carbonyl (C=O) groups is 3. The first-order valence-corrected chi connectivity index (χ1v) is 24.5. The highest BCUT2D eigenvalue weighted by Gasteiger charge is 2.31. The van der Waals surface area contributed by atoms with Gasteiger partial charge in [0.2, 0.25) is 0 Å². The lowest BCUT2D eigenvalue weighted by molar-refractivity contribution is -0.887. The van der Waals surface area contributed by atoms with Gasteiger partial charge in [-0.25, -0.2) is 4.79 Å². The Labute approximate surface area is 374 Å². The van der Waals surface area contributed by atoms with Gasteiger partial charge in [0.15, 0.2) is 12.1 Å². The van der Waals surface area contributed by atoms with E-state index in [1.807, 2.05) is 21.1 Å². The van der Waals surface area contributed by atoms with Crippen LogP contribution in [0.15, 0.2) is 72.9 Å². The van der Waals surface area contributed by atoms with Gasteiger partial charge >= 0.3 is 17.9 Å². The topological polar surface area (TPSA) is 99.1 Å². The molecule has 0 saturated carbocycles. The van der Waals surface area contributed by atoms with Gasteiger partial charge in [-0.2, -0.15) is 0 Å². The number of nitrogens with zero attached hydrogens (tertiary/aromatic N) is 1. The summed E-state index contributed by atoms with van der Waals surface area (Å²) in [4.78, 5) is 37.1. The normalized spacial score (nSPS) is 13.5. The molecule has 0 aliphatic carbocycles. The minimum Gasteiger partial charge on any atom is -0.477 e. The highest BCUT2D eigenvalue weighted by molar-refractivity contribution is 5.72. The molecule has 0 saturated heterocycles. The Morgan fingerprint density at radius 3 is 1.36 bits per heavy atom. The SMILES string of the molecule is CC/C=C/C/C=C/C/C=C/C/C=C/CCCCCCCCCC(=O)OC(COCCC(C(=O)O)[N+](C)(C)C)COC(=O)CCCCCCCCC/C=C/C/C=C/CCCCC. The minimum absolute atomic E-state index is 0.0510. The fraction of sp³-hybridized carbons (Fsp3) is 0.717. The second-order valence-corrected chi connectivity index (χ2v) is 17.3. The Balaban J connectivity index is 4.32. The number of hydrogen-bond acceptors (Lipinski definition) is 6. The van der Waals surface area contributed by atoms with E-state index >= 15 is 0 Å². The van der Waals surface area contributed by atoms with Crippen molar-refractivity contribution >= 4 is 17.9 Å². The molecule has 0 fully saturated rings. The quantitative estimate of drug-likeness (QED) is 0.0282. The standard InChI is InChI=1S/C53H91NO7/c1-6-8-10-12-14-16-18-20-22-24-25-26-28-30-32-34-36-38-40-42-44-52(56)61-49(47-59-46-45-50(53(57)58)54(3,4)5)48-60-51(55)43-41-39-37-35-33-31-29-27-23-21-19-17-15-13-11-9-7-2/h8,10,14-17,20-23,25-26,49-50H,6-7,9,11-13,18-19,24,27-48H2,1-5H3/p+1/b10-8+,16-14+,17-15+,22-20+,23-21+,26-25+. The first kappa shape index (κ1) is 57.8. The highest BCUT2D eigenvalue weighted by Crippen LogP contribution is 2.14. The molecule has 8 heteroatoms. The van der Waals surface area contributed by atoms with Crippen molar-refractivity contribution < 1.29 is 38.2 Å². The zero-order valence-corrected chi connectivity index (χ0v) is 39.8. The summed E-state index contributed by atoms with van der Waals surface area (Å²) in [5.74, 6) is -1.49. The average Bonchev–Trinajstić information content (AvgIpc) is 3.22. The number of carboxylic acids is 1. The van der Waals surface area contributed by atoms with Gasteiger partial charge in [0.05, 0.1) is 34.4 Å². The summed E-state index contributed by atoms with van der Waals surface area (Å²) < 4.78 is 17.3. The summed E-state index contributed by atoms with van der Waals surface area (Å²) in [5.41, 5.74) is 0. The fourth-order valence-electron chi connectivity index (χ4n) is 6.82. The number of quaternary nitrogens is 1. The Hall–Kier alpha value is -3.23. The lowest BCUT2D eigenvalue weighted by atomic mass is 10.1. The molecule has 2 atom stereocenters. The van der Waals surface area contributed by atoms with Crippen molar-refractivity contribution in [3.63, 3.8) is 0 Å². The van der Waals surface area contributed by atoms with Crippen molar-refractivity contribution in [1.82, 2.24) is 0 Å². The molecule has 0 amide bonds. The zero-order valence-electron chi connectivity index (χ0n) is 39.8. The molecule has 0 aliphatic heterocycles. The van der Waals surface area contributed by atoms with Crippen molar-refractivity contribution in [2.45, 2.75) is 206 Å². The van der Waals surface area contributed by atoms with Crippen molar-refractivity contribution in [2.24, 2.45) is 0 Å². The van der Waals surface area contributed by atoms with Gasteiger partial charge in [0.25, 0.3) is 0 Å². The molecule has 0 bridgehead atoms. The molecule has 0 rings (SSSR count). The van der Waals surface area contributed by atoms with E-state index in [0.717, 1.165) is 89.9 Å². The molecule has 61 heavy (non-hydrogen) atoms. The molecule has 350 valence electrons. The highest BCUT2D eigenvalue weighted by atomic mass is 16.6. The molecular weight excluding hydrogens is 763 g/mol. The number of unbranched alkanes of at least 4 members (excludes halogenated alkanes) is 17. The molecule has 2 unspecified atom stereocenters. The van der Waals surface area contributed by atoms with Crippen LogP contribution in [0.1, 0.15) is 194 Å². The maximum absolute atomic E-state index is 12.8. The number of carbonyl (C=O) groups excluding carboxylic acids is 2. The molecule has 0 aromatic rings. The number of likely N-dealkylation sites (N-methyl/N-ethyl adjacent to an activating group) is 1. The molecule has 0 aromatic heterocycles. The molecule has 0 aliphatic rings. The van der Waals surface area contributed by atoms with E-state index in [4.69, 9.17) is 14.2 Å². The monoisotopic (exact) mass is 855 g/mol. The number of allylic oxidation sites excluding steroid dienone is 12. The van der Waals surface area contributed by atoms with E-state index in [9.17, 15) is 19.5 Å². The Morgan fingerprint density at radius 2 is 0.918 bits per heavy atom. The van der Waals surface area contributed by atoms with Gasteiger partial charge in [-0.15, -0.1) is 0 Å². The molecule has 0 spiro atoms. The van der Waals surface area contributed by atoms with Crippen LogP contribution in [0.4, 0.5) is 0 Å². The van der Waals surface area contributed by atoms with Crippen LogP contribution in [0, 0.1) is 0 Å². The predicted molar refractivity (Wildman–Crippen MR) is 257 cm³/mol. The maximum Gasteiger partial charge on any atom is 0.362 e. The molecule has 0 radical (unpaired) electrons. The summed E-state index contributed by atoms with van der Waals surface area (Å²) in [6, 6.07) is -0.621. The van der Waals surface area contributed by atoms with Crippen molar-refractivity contribution in [3.8, 4) is 0 Å². The van der Waals surface area contributed by atoms with Crippen molar-refractivity contribution in [2.75, 3.05) is 41.0 Å². The van der Waals surface area contributed by atoms with Crippen molar-refractivity contribution in [1.29, 1.82) is 0 Å². The van der Waals surface area contributed by atoms with Crippen LogP contribution in [-0.4, -0.2) is 80.6 Å². The van der Waals surface area contributed by atoms with E-state index < -0.39 is 18.1 Å². The van der Waals surface area contributed by atoms with E-state index in [1.54, 1.807) is 0 Å². The van der Waals surface area contributed by atoms with Crippen LogP contribution in [0.3, 0.4) is 0 Å². The van der Waals surface area contributed by atoms with Crippen molar-refractivity contribution in [3.05, 3.63) is 72.9 Å². The summed E-state index contributed by atoms with van der Waals surface area (Å²) in [5, 5.41) is 9.64. The summed E-state index contributed by atoms with van der Waals surface area (Å²) in [6.45, 7) is 4.58. The van der Waals surface area contributed by atoms with Crippen LogP contribution in [0.2, 0.25) is 0 Å². The van der Waals surface area contributed by atoms with Gasteiger partial charge in [-0.3, -0.25) is 9.59 Å². The lowest BCUT2D eigenvalue weighted by Crippen LogP contribution is -2.50. The van der Waals surface area contributed by atoms with Gasteiger partial charge in [-0.1, -0.05) is 164 Å². The molecule has 8 nitrogen and oxygen atoms in total. The zero-order chi connectivity index (χ0) is 44.9. The first-order chi connectivity index (χ1) is 29.6. The van der Waals surface area contributed by atoms with Gasteiger partial charge in [-0.05, 0) is 83.5 Å². The smallest absolute Gasteiger partial charge is 0.362 e. The van der Waals surface area contributed by atoms with Gasteiger partial charge < -0.3 is 23.8 Å². The minimum atomic E-state index is -0.880. The molecule has 1 N–H and O–H groups in total. The van der Waals surface area contributed by atoms with E-state index in [0.29, 0.717) is 19.3 Å². The molecule has 0 heterocycles. The van der Waals surface area contributed by atoms with Crippen LogP contribution >= 0.6 is 0 Å². The van der Waals surface area contributed by atoms with Crippen LogP contribution in [0.25, 0.3) is 0 Å². The van der Waals surface area contributed by atoms with E-state index in [1.165, 1.54) is 70.6 Å². The van der Waals surface area contributed by atoms with E-state index in [-0.39, 0.29) is 36.2 Å². The fourth-order valence-corrected chi connectivity index (χ4v) is 6.82. The van der Waals surface area contributed by atoms with Gasteiger partial charge in [0, 0.05) is 19.3 Å². The summed E-state index contributed by atoms with van der Waals surface area (Å²) in [6.07, 6.45) is 55.1. The van der Waals surface area contributed by atoms with Gasteiger partial charge in [0.1, 0.15) is 6.61 Å². The second-order valence-electron chi connectivity index (χ2n) is 17.3. The summed E-state index contributed by atoms with van der Waals surface area (Å²) >= 11 is 0. The Bertz CT molecular complexity index is 1230.